The molecule has 0 amide bonds. The van der Waals surface area contributed by atoms with Gasteiger partial charge in [0.25, 0.3) is 0 Å². The van der Waals surface area contributed by atoms with E-state index in [0.717, 1.165) is 11.1 Å². The summed E-state index contributed by atoms with van der Waals surface area (Å²) < 4.78 is 26.7. The number of nitrogens with zero attached hydrogens (tertiary/aromatic N) is 1. The Bertz CT molecular complexity index is 520. The molecule has 4 nitrogen and oxygen atoms in total. The first-order chi connectivity index (χ1) is 8.27. The smallest absolute Gasteiger partial charge is 0.243 e. The van der Waals surface area contributed by atoms with Gasteiger partial charge in [0.1, 0.15) is 0 Å². The molecule has 5 heteroatoms. The molecule has 0 aliphatic heterocycles. The minimum Gasteiger partial charge on any atom is -0.398 e. The zero-order valence-electron chi connectivity index (χ0n) is 11.7. The number of nitrogens with two attached hydrogens (primary N) is 1. The Morgan fingerprint density at radius 1 is 1.11 bits per heavy atom. The third kappa shape index (κ3) is 2.37. The van der Waals surface area contributed by atoms with Crippen LogP contribution >= 0.6 is 0 Å². The van der Waals surface area contributed by atoms with E-state index >= 15 is 0 Å². The maximum Gasteiger partial charge on any atom is 0.243 e. The number of anilines is 1. The normalized spacial score (nSPS) is 12.1. The van der Waals surface area contributed by atoms with Crippen molar-refractivity contribution in [2.24, 2.45) is 0 Å². The molecule has 2 N–H and O–H groups in total. The van der Waals surface area contributed by atoms with Crippen LogP contribution in [0.15, 0.2) is 11.0 Å². The monoisotopic (exact) mass is 270 g/mol. The van der Waals surface area contributed by atoms with E-state index < -0.39 is 10.0 Å². The molecule has 0 aromatic heterocycles. The van der Waals surface area contributed by atoms with Crippen molar-refractivity contribution in [2.75, 3.05) is 18.8 Å². The number of hydrogen-bond acceptors (Lipinski definition) is 3. The third-order valence-electron chi connectivity index (χ3n) is 3.38. The summed E-state index contributed by atoms with van der Waals surface area (Å²) in [5, 5.41) is 0. The molecule has 0 bridgehead atoms. The molecular weight excluding hydrogens is 248 g/mol. The molecule has 0 spiro atoms. The molecule has 102 valence electrons. The van der Waals surface area contributed by atoms with Crippen LogP contribution in [0.25, 0.3) is 0 Å². The van der Waals surface area contributed by atoms with E-state index in [1.54, 1.807) is 6.92 Å². The molecule has 0 aliphatic carbocycles. The third-order valence-corrected chi connectivity index (χ3v) is 5.71. The van der Waals surface area contributed by atoms with Gasteiger partial charge in [-0.05, 0) is 43.5 Å². The highest BCUT2D eigenvalue weighted by Gasteiger charge is 2.27. The SMILES string of the molecule is CCN(CC)S(=O)(=O)c1c(C)c(C)cc(N)c1C. The summed E-state index contributed by atoms with van der Waals surface area (Å²) in [7, 11) is -3.45. The summed E-state index contributed by atoms with van der Waals surface area (Å²) in [5.41, 5.74) is 8.75. The highest BCUT2D eigenvalue weighted by Crippen LogP contribution is 2.30. The van der Waals surface area contributed by atoms with Crippen molar-refractivity contribution in [2.45, 2.75) is 39.5 Å². The second kappa shape index (κ2) is 5.28. The molecule has 1 rings (SSSR count). The van der Waals surface area contributed by atoms with Crippen molar-refractivity contribution in [1.29, 1.82) is 0 Å². The Kier molecular flexibility index (Phi) is 4.40. The van der Waals surface area contributed by atoms with Gasteiger partial charge in [0, 0.05) is 18.8 Å². The van der Waals surface area contributed by atoms with Crippen molar-refractivity contribution < 1.29 is 8.42 Å². The first kappa shape index (κ1) is 15.0. The zero-order chi connectivity index (χ0) is 14.1. The van der Waals surface area contributed by atoms with Gasteiger partial charge in [-0.2, -0.15) is 4.31 Å². The van der Waals surface area contributed by atoms with Gasteiger partial charge in [0.05, 0.1) is 4.90 Å². The fraction of sp³-hybridized carbons (Fsp3) is 0.538. The average Bonchev–Trinajstić information content (AvgIpc) is 2.27. The molecule has 0 heterocycles. The fourth-order valence-corrected chi connectivity index (χ4v) is 4.11. The van der Waals surface area contributed by atoms with E-state index in [1.807, 2.05) is 33.8 Å². The van der Waals surface area contributed by atoms with Crippen molar-refractivity contribution >= 4 is 15.7 Å². The Labute approximate surface area is 110 Å². The number of hydrogen-bond donors (Lipinski definition) is 1. The first-order valence-electron chi connectivity index (χ1n) is 6.13. The summed E-state index contributed by atoms with van der Waals surface area (Å²) in [5.74, 6) is 0. The molecule has 0 unspecified atom stereocenters. The van der Waals surface area contributed by atoms with Crippen LogP contribution in [-0.2, 0) is 10.0 Å². The topological polar surface area (TPSA) is 63.4 Å². The van der Waals surface area contributed by atoms with E-state index in [0.29, 0.717) is 29.2 Å². The lowest BCUT2D eigenvalue weighted by Crippen LogP contribution is -2.32. The van der Waals surface area contributed by atoms with Gasteiger partial charge in [0.15, 0.2) is 0 Å². The second-order valence-electron chi connectivity index (χ2n) is 4.45. The molecule has 0 atom stereocenters. The number of rotatable bonds is 4. The van der Waals surface area contributed by atoms with Gasteiger partial charge >= 0.3 is 0 Å². The van der Waals surface area contributed by atoms with Gasteiger partial charge in [-0.1, -0.05) is 13.8 Å². The quantitative estimate of drug-likeness (QED) is 0.853. The minimum atomic E-state index is -3.45. The van der Waals surface area contributed by atoms with Crippen molar-refractivity contribution in [3.63, 3.8) is 0 Å². The lowest BCUT2D eigenvalue weighted by molar-refractivity contribution is 0.444. The Morgan fingerprint density at radius 2 is 1.61 bits per heavy atom. The Morgan fingerprint density at radius 3 is 2.06 bits per heavy atom. The molecule has 0 aliphatic rings. The van der Waals surface area contributed by atoms with Crippen LogP contribution in [-0.4, -0.2) is 25.8 Å². The molecule has 18 heavy (non-hydrogen) atoms. The molecule has 0 saturated heterocycles. The van der Waals surface area contributed by atoms with Crippen molar-refractivity contribution in [3.8, 4) is 0 Å². The Hall–Kier alpha value is -1.07. The average molecular weight is 270 g/mol. The second-order valence-corrected chi connectivity index (χ2v) is 6.33. The largest absolute Gasteiger partial charge is 0.398 e. The maximum atomic E-state index is 12.6. The highest BCUT2D eigenvalue weighted by molar-refractivity contribution is 7.89. The van der Waals surface area contributed by atoms with Gasteiger partial charge in [-0.25, -0.2) is 8.42 Å². The summed E-state index contributed by atoms with van der Waals surface area (Å²) in [6.07, 6.45) is 0. The van der Waals surface area contributed by atoms with Crippen LogP contribution in [0, 0.1) is 20.8 Å². The van der Waals surface area contributed by atoms with Crippen LogP contribution in [0.4, 0.5) is 5.69 Å². The summed E-state index contributed by atoms with van der Waals surface area (Å²) in [4.78, 5) is 0.365. The fourth-order valence-electron chi connectivity index (χ4n) is 2.12. The number of nitrogen functional groups attached to an aromatic ring is 1. The van der Waals surface area contributed by atoms with Crippen LogP contribution < -0.4 is 5.73 Å². The lowest BCUT2D eigenvalue weighted by Gasteiger charge is -2.22. The van der Waals surface area contributed by atoms with Crippen LogP contribution in [0.5, 0.6) is 0 Å². The predicted molar refractivity (Wildman–Crippen MR) is 75.2 cm³/mol. The van der Waals surface area contributed by atoms with Crippen molar-refractivity contribution in [1.82, 2.24) is 4.31 Å². The van der Waals surface area contributed by atoms with Gasteiger partial charge < -0.3 is 5.73 Å². The Balaban J connectivity index is 3.60. The van der Waals surface area contributed by atoms with Gasteiger partial charge in [-0.15, -0.1) is 0 Å². The van der Waals surface area contributed by atoms with E-state index in [1.165, 1.54) is 4.31 Å². The summed E-state index contributed by atoms with van der Waals surface area (Å²) in [6, 6.07) is 1.83. The molecule has 1 aromatic carbocycles. The summed E-state index contributed by atoms with van der Waals surface area (Å²) >= 11 is 0. The lowest BCUT2D eigenvalue weighted by atomic mass is 10.1. The van der Waals surface area contributed by atoms with E-state index in [2.05, 4.69) is 0 Å². The van der Waals surface area contributed by atoms with Crippen LogP contribution in [0.2, 0.25) is 0 Å². The van der Waals surface area contributed by atoms with Gasteiger partial charge in [-0.3, -0.25) is 0 Å². The first-order valence-corrected chi connectivity index (χ1v) is 7.57. The standard InChI is InChI=1S/C13H22N2O2S/c1-6-15(7-2)18(16,17)13-10(4)9(3)8-12(14)11(13)5/h8H,6-7,14H2,1-5H3. The van der Waals surface area contributed by atoms with Crippen LogP contribution in [0.3, 0.4) is 0 Å². The molecular formula is C13H22N2O2S. The van der Waals surface area contributed by atoms with Gasteiger partial charge in [0.2, 0.25) is 10.0 Å². The summed E-state index contributed by atoms with van der Waals surface area (Å²) in [6.45, 7) is 10.1. The zero-order valence-corrected chi connectivity index (χ0v) is 12.6. The minimum absolute atomic E-state index is 0.365. The predicted octanol–water partition coefficient (Wildman–Crippen LogP) is 2.22. The molecule has 1 aromatic rings. The number of sulfonamides is 1. The molecule has 0 saturated carbocycles. The molecule has 0 fully saturated rings. The number of aryl methyl sites for hydroxylation is 1. The van der Waals surface area contributed by atoms with Crippen LogP contribution in [0.1, 0.15) is 30.5 Å². The number of benzene rings is 1. The van der Waals surface area contributed by atoms with E-state index in [-0.39, 0.29) is 0 Å². The molecule has 0 radical (unpaired) electrons. The van der Waals surface area contributed by atoms with E-state index in [9.17, 15) is 8.42 Å². The maximum absolute atomic E-state index is 12.6. The van der Waals surface area contributed by atoms with E-state index in [4.69, 9.17) is 5.73 Å². The van der Waals surface area contributed by atoms with Crippen molar-refractivity contribution in [3.05, 3.63) is 22.8 Å². The highest BCUT2D eigenvalue weighted by atomic mass is 32.2.